The highest BCUT2D eigenvalue weighted by atomic mass is 32.2. The summed E-state index contributed by atoms with van der Waals surface area (Å²) in [5.74, 6) is 0. The molecule has 5 nitrogen and oxygen atoms in total. The second-order valence-corrected chi connectivity index (χ2v) is 6.45. The third kappa shape index (κ3) is 3.71. The Morgan fingerprint density at radius 1 is 1.09 bits per heavy atom. The summed E-state index contributed by atoms with van der Waals surface area (Å²) in [6.45, 7) is 3.58. The van der Waals surface area contributed by atoms with E-state index < -0.39 is 10.0 Å². The van der Waals surface area contributed by atoms with Crippen molar-refractivity contribution in [2.45, 2.75) is 18.7 Å². The van der Waals surface area contributed by atoms with E-state index in [0.717, 1.165) is 11.1 Å². The van der Waals surface area contributed by atoms with Gasteiger partial charge in [-0.2, -0.15) is 23.6 Å². The van der Waals surface area contributed by atoms with Crippen LogP contribution >= 0.6 is 0 Å². The molecule has 2 aromatic rings. The number of hydrazone groups is 1. The molecular formula is C16H15N3O2S. The van der Waals surface area contributed by atoms with Crippen molar-refractivity contribution in [3.05, 3.63) is 65.2 Å². The summed E-state index contributed by atoms with van der Waals surface area (Å²) in [5.41, 5.74) is 2.78. The maximum Gasteiger partial charge on any atom is 0.276 e. The first-order chi connectivity index (χ1) is 10.4. The van der Waals surface area contributed by atoms with Crippen molar-refractivity contribution in [3.63, 3.8) is 0 Å². The molecule has 2 aromatic carbocycles. The zero-order chi connectivity index (χ0) is 16.2. The van der Waals surface area contributed by atoms with Gasteiger partial charge in [-0.05, 0) is 43.7 Å². The summed E-state index contributed by atoms with van der Waals surface area (Å²) in [4.78, 5) is 2.38. The zero-order valence-corrected chi connectivity index (χ0v) is 13.1. The zero-order valence-electron chi connectivity index (χ0n) is 12.2. The average molecular weight is 313 g/mol. The van der Waals surface area contributed by atoms with Crippen molar-refractivity contribution in [2.75, 3.05) is 0 Å². The number of hydrogen-bond donors (Lipinski definition) is 1. The molecule has 0 atom stereocenters. The Labute approximate surface area is 130 Å². The number of sulfonamides is 1. The molecular weight excluding hydrogens is 298 g/mol. The van der Waals surface area contributed by atoms with E-state index in [9.17, 15) is 8.42 Å². The molecule has 0 spiro atoms. The van der Waals surface area contributed by atoms with Crippen molar-refractivity contribution in [2.24, 2.45) is 5.10 Å². The van der Waals surface area contributed by atoms with Crippen LogP contribution in [0.25, 0.3) is 0 Å². The van der Waals surface area contributed by atoms with Crippen LogP contribution in [-0.4, -0.2) is 14.1 Å². The first-order valence-corrected chi connectivity index (χ1v) is 8.04. The van der Waals surface area contributed by atoms with Crippen LogP contribution in [-0.2, 0) is 10.0 Å². The molecule has 0 bridgehead atoms. The van der Waals surface area contributed by atoms with Crippen LogP contribution in [0.2, 0.25) is 0 Å². The van der Waals surface area contributed by atoms with Gasteiger partial charge in [0.2, 0.25) is 0 Å². The highest BCUT2D eigenvalue weighted by molar-refractivity contribution is 7.89. The van der Waals surface area contributed by atoms with Gasteiger partial charge in [0.15, 0.2) is 0 Å². The van der Waals surface area contributed by atoms with Gasteiger partial charge >= 0.3 is 0 Å². The van der Waals surface area contributed by atoms with Crippen molar-refractivity contribution >= 4 is 15.7 Å². The third-order valence-corrected chi connectivity index (χ3v) is 4.32. The molecule has 0 radical (unpaired) electrons. The summed E-state index contributed by atoms with van der Waals surface area (Å²) < 4.78 is 24.2. The fourth-order valence-electron chi connectivity index (χ4n) is 1.75. The second-order valence-electron chi connectivity index (χ2n) is 4.79. The van der Waals surface area contributed by atoms with Gasteiger partial charge in [0.05, 0.1) is 22.2 Å². The van der Waals surface area contributed by atoms with Crippen molar-refractivity contribution in [1.82, 2.24) is 4.83 Å². The molecule has 1 N–H and O–H groups in total. The van der Waals surface area contributed by atoms with E-state index in [4.69, 9.17) is 5.26 Å². The Morgan fingerprint density at radius 2 is 1.68 bits per heavy atom. The van der Waals surface area contributed by atoms with E-state index in [0.29, 0.717) is 11.3 Å². The molecule has 0 saturated carbocycles. The lowest BCUT2D eigenvalue weighted by Crippen LogP contribution is -2.19. The summed E-state index contributed by atoms with van der Waals surface area (Å²) in [6.07, 6.45) is 0. The normalized spacial score (nSPS) is 11.8. The van der Waals surface area contributed by atoms with Gasteiger partial charge in [-0.1, -0.05) is 29.8 Å². The van der Waals surface area contributed by atoms with E-state index in [-0.39, 0.29) is 4.90 Å². The molecule has 112 valence electrons. The van der Waals surface area contributed by atoms with Crippen LogP contribution in [0.5, 0.6) is 0 Å². The van der Waals surface area contributed by atoms with Crippen LogP contribution in [0.4, 0.5) is 0 Å². The lowest BCUT2D eigenvalue weighted by molar-refractivity contribution is 0.584. The van der Waals surface area contributed by atoms with Crippen LogP contribution in [0.3, 0.4) is 0 Å². The number of nitrogens with one attached hydrogen (secondary N) is 1. The summed E-state index contributed by atoms with van der Waals surface area (Å²) in [5, 5.41) is 12.7. The summed E-state index contributed by atoms with van der Waals surface area (Å²) in [6, 6.07) is 15.3. The SMILES string of the molecule is C/C(=N\NS(=O)(=O)c1ccc(C)cc1)c1ccc(C#N)cc1. The Morgan fingerprint density at radius 3 is 2.23 bits per heavy atom. The van der Waals surface area contributed by atoms with E-state index in [1.165, 1.54) is 12.1 Å². The van der Waals surface area contributed by atoms with Gasteiger partial charge in [-0.15, -0.1) is 0 Å². The molecule has 0 aliphatic rings. The maximum atomic E-state index is 12.1. The van der Waals surface area contributed by atoms with Crippen LogP contribution < -0.4 is 4.83 Å². The van der Waals surface area contributed by atoms with Crippen LogP contribution in [0, 0.1) is 18.3 Å². The molecule has 0 amide bonds. The van der Waals surface area contributed by atoms with E-state index >= 15 is 0 Å². The molecule has 6 heteroatoms. The van der Waals surface area contributed by atoms with Crippen molar-refractivity contribution in [1.29, 1.82) is 5.26 Å². The van der Waals surface area contributed by atoms with Gasteiger partial charge in [0.25, 0.3) is 10.0 Å². The lowest BCUT2D eigenvalue weighted by Gasteiger charge is -2.06. The van der Waals surface area contributed by atoms with Crippen molar-refractivity contribution in [3.8, 4) is 6.07 Å². The Hall–Kier alpha value is -2.65. The first kappa shape index (κ1) is 15.7. The number of nitrogens with zero attached hydrogens (tertiary/aromatic N) is 2. The highest BCUT2D eigenvalue weighted by Gasteiger charge is 2.12. The first-order valence-electron chi connectivity index (χ1n) is 6.56. The highest BCUT2D eigenvalue weighted by Crippen LogP contribution is 2.10. The van der Waals surface area contributed by atoms with Gasteiger partial charge < -0.3 is 0 Å². The van der Waals surface area contributed by atoms with Crippen LogP contribution in [0.15, 0.2) is 58.5 Å². The number of nitriles is 1. The van der Waals surface area contributed by atoms with Crippen LogP contribution in [0.1, 0.15) is 23.6 Å². The molecule has 0 saturated heterocycles. The van der Waals surface area contributed by atoms with Gasteiger partial charge in [-0.25, -0.2) is 0 Å². The Bertz CT molecular complexity index is 830. The number of hydrogen-bond acceptors (Lipinski definition) is 4. The monoisotopic (exact) mass is 313 g/mol. The summed E-state index contributed by atoms with van der Waals surface area (Å²) >= 11 is 0. The summed E-state index contributed by atoms with van der Waals surface area (Å²) in [7, 11) is -3.68. The quantitative estimate of drug-likeness (QED) is 0.695. The minimum absolute atomic E-state index is 0.162. The molecule has 2 rings (SSSR count). The molecule has 0 aliphatic heterocycles. The van der Waals surface area contributed by atoms with E-state index in [1.807, 2.05) is 13.0 Å². The predicted molar refractivity (Wildman–Crippen MR) is 84.9 cm³/mol. The predicted octanol–water partition coefficient (Wildman–Crippen LogP) is 2.57. The number of aryl methyl sites for hydroxylation is 1. The van der Waals surface area contributed by atoms with Gasteiger partial charge in [0, 0.05) is 0 Å². The number of benzene rings is 2. The second kappa shape index (κ2) is 6.41. The average Bonchev–Trinajstić information content (AvgIpc) is 2.53. The minimum Gasteiger partial charge on any atom is -0.200 e. The maximum absolute atomic E-state index is 12.1. The topological polar surface area (TPSA) is 82.3 Å². The van der Waals surface area contributed by atoms with Gasteiger partial charge in [0.1, 0.15) is 0 Å². The Kier molecular flexibility index (Phi) is 4.59. The third-order valence-electron chi connectivity index (χ3n) is 3.10. The molecule has 0 aromatic heterocycles. The molecule has 0 fully saturated rings. The van der Waals surface area contributed by atoms with Gasteiger partial charge in [-0.3, -0.25) is 0 Å². The van der Waals surface area contributed by atoms with E-state index in [2.05, 4.69) is 9.93 Å². The minimum atomic E-state index is -3.68. The smallest absolute Gasteiger partial charge is 0.200 e. The molecule has 0 aliphatic carbocycles. The molecule has 0 heterocycles. The lowest BCUT2D eigenvalue weighted by atomic mass is 10.1. The Balaban J connectivity index is 2.18. The van der Waals surface area contributed by atoms with Crippen molar-refractivity contribution < 1.29 is 8.42 Å². The van der Waals surface area contributed by atoms with E-state index in [1.54, 1.807) is 43.3 Å². The largest absolute Gasteiger partial charge is 0.276 e. The molecule has 0 unspecified atom stereocenters. The molecule has 22 heavy (non-hydrogen) atoms. The standard InChI is InChI=1S/C16H15N3O2S/c1-12-3-9-16(10-4-12)22(20,21)19-18-13(2)15-7-5-14(11-17)6-8-15/h3-10,19H,1-2H3/b18-13+. The fraction of sp³-hybridized carbons (Fsp3) is 0.125. The number of rotatable bonds is 4. The fourth-order valence-corrected chi connectivity index (χ4v) is 2.61.